The standard InChI is InChI=1S/C20H21N3O3S/c24-18(12-19-22-7-10-27-19)17(11-14-4-8-26-9-5-14)23-16-3-6-21-13-15(16)1-2-20(23)25/h1-3,6-7,10,13-14,17H,4-5,8-9,11-12H2. The number of rotatable bonds is 6. The quantitative estimate of drug-likeness (QED) is 0.654. The Bertz CT molecular complexity index is 978. The Morgan fingerprint density at radius 1 is 1.26 bits per heavy atom. The average molecular weight is 383 g/mol. The molecule has 140 valence electrons. The molecule has 27 heavy (non-hydrogen) atoms. The molecule has 1 saturated heterocycles. The highest BCUT2D eigenvalue weighted by Gasteiger charge is 2.28. The van der Waals surface area contributed by atoms with Crippen LogP contribution in [0.15, 0.2) is 47.0 Å². The van der Waals surface area contributed by atoms with Crippen molar-refractivity contribution in [2.45, 2.75) is 31.7 Å². The van der Waals surface area contributed by atoms with Gasteiger partial charge < -0.3 is 4.74 Å². The smallest absolute Gasteiger partial charge is 0.251 e. The summed E-state index contributed by atoms with van der Waals surface area (Å²) < 4.78 is 7.11. The molecule has 1 unspecified atom stereocenters. The van der Waals surface area contributed by atoms with E-state index in [1.807, 2.05) is 11.4 Å². The van der Waals surface area contributed by atoms with Crippen molar-refractivity contribution in [2.75, 3.05) is 13.2 Å². The first-order chi connectivity index (χ1) is 13.2. The number of aromatic nitrogens is 3. The van der Waals surface area contributed by atoms with Crippen LogP contribution in [0.5, 0.6) is 0 Å². The van der Waals surface area contributed by atoms with Crippen molar-refractivity contribution < 1.29 is 9.53 Å². The number of hydrogen-bond donors (Lipinski definition) is 0. The molecule has 0 saturated carbocycles. The number of thiazole rings is 1. The minimum Gasteiger partial charge on any atom is -0.381 e. The molecule has 0 N–H and O–H groups in total. The number of Topliss-reactive ketones (excluding diaryl/α,β-unsaturated/α-hetero) is 1. The van der Waals surface area contributed by atoms with E-state index < -0.39 is 6.04 Å². The van der Waals surface area contributed by atoms with Crippen LogP contribution < -0.4 is 5.56 Å². The van der Waals surface area contributed by atoms with Gasteiger partial charge in [-0.1, -0.05) is 0 Å². The van der Waals surface area contributed by atoms with Gasteiger partial charge in [0.15, 0.2) is 5.78 Å². The Morgan fingerprint density at radius 3 is 2.89 bits per heavy atom. The molecule has 0 spiro atoms. The second kappa shape index (κ2) is 8.10. The first-order valence-electron chi connectivity index (χ1n) is 9.16. The largest absolute Gasteiger partial charge is 0.381 e. The van der Waals surface area contributed by atoms with Crippen molar-refractivity contribution in [3.05, 3.63) is 57.5 Å². The predicted octanol–water partition coefficient (Wildman–Crippen LogP) is 3.02. The maximum Gasteiger partial charge on any atom is 0.251 e. The van der Waals surface area contributed by atoms with Crippen LogP contribution >= 0.6 is 11.3 Å². The van der Waals surface area contributed by atoms with Gasteiger partial charge in [0, 0.05) is 48.6 Å². The van der Waals surface area contributed by atoms with Crippen molar-refractivity contribution in [2.24, 2.45) is 5.92 Å². The number of ether oxygens (including phenoxy) is 1. The van der Waals surface area contributed by atoms with Gasteiger partial charge in [0.2, 0.25) is 0 Å². The van der Waals surface area contributed by atoms with E-state index in [2.05, 4.69) is 9.97 Å². The zero-order chi connectivity index (χ0) is 18.6. The van der Waals surface area contributed by atoms with Gasteiger partial charge in [-0.05, 0) is 37.3 Å². The summed E-state index contributed by atoms with van der Waals surface area (Å²) >= 11 is 1.47. The fraction of sp³-hybridized carbons (Fsp3) is 0.400. The Labute approximate surface area is 160 Å². The molecule has 4 rings (SSSR count). The lowest BCUT2D eigenvalue weighted by atomic mass is 9.89. The van der Waals surface area contributed by atoms with Crippen LogP contribution in [-0.2, 0) is 16.0 Å². The first-order valence-corrected chi connectivity index (χ1v) is 10.0. The number of pyridine rings is 2. The fourth-order valence-electron chi connectivity index (χ4n) is 3.71. The Balaban J connectivity index is 1.74. The summed E-state index contributed by atoms with van der Waals surface area (Å²) in [4.78, 5) is 34.4. The molecular weight excluding hydrogens is 362 g/mol. The van der Waals surface area contributed by atoms with E-state index >= 15 is 0 Å². The first kappa shape index (κ1) is 18.0. The fourth-order valence-corrected chi connectivity index (χ4v) is 4.34. The van der Waals surface area contributed by atoms with Gasteiger partial charge in [0.1, 0.15) is 0 Å². The highest BCUT2D eigenvalue weighted by Crippen LogP contribution is 2.29. The highest BCUT2D eigenvalue weighted by atomic mass is 32.1. The molecule has 0 aromatic carbocycles. The van der Waals surface area contributed by atoms with Gasteiger partial charge >= 0.3 is 0 Å². The van der Waals surface area contributed by atoms with E-state index in [4.69, 9.17) is 4.74 Å². The van der Waals surface area contributed by atoms with E-state index in [0.29, 0.717) is 25.6 Å². The molecule has 1 fully saturated rings. The summed E-state index contributed by atoms with van der Waals surface area (Å²) in [6.45, 7) is 1.43. The van der Waals surface area contributed by atoms with E-state index in [9.17, 15) is 9.59 Å². The summed E-state index contributed by atoms with van der Waals surface area (Å²) in [5.74, 6) is 0.399. The van der Waals surface area contributed by atoms with Crippen molar-refractivity contribution in [3.8, 4) is 0 Å². The molecular formula is C20H21N3O3S. The number of nitrogens with zero attached hydrogens (tertiary/aromatic N) is 3. The van der Waals surface area contributed by atoms with E-state index in [0.717, 1.165) is 28.8 Å². The minimum absolute atomic E-state index is 0.0304. The molecule has 1 atom stereocenters. The summed E-state index contributed by atoms with van der Waals surface area (Å²) in [5.41, 5.74) is 0.597. The van der Waals surface area contributed by atoms with Crippen LogP contribution in [0.1, 0.15) is 30.3 Å². The summed E-state index contributed by atoms with van der Waals surface area (Å²) in [5, 5.41) is 3.51. The average Bonchev–Trinajstić information content (AvgIpc) is 3.20. The van der Waals surface area contributed by atoms with Gasteiger partial charge in [-0.25, -0.2) is 4.98 Å². The van der Waals surface area contributed by atoms with Crippen molar-refractivity contribution in [1.82, 2.24) is 14.5 Å². The summed E-state index contributed by atoms with van der Waals surface area (Å²) in [7, 11) is 0. The third kappa shape index (κ3) is 3.99. The monoisotopic (exact) mass is 383 g/mol. The molecule has 0 amide bonds. The van der Waals surface area contributed by atoms with Gasteiger partial charge in [-0.2, -0.15) is 0 Å². The van der Waals surface area contributed by atoms with Crippen LogP contribution in [0.2, 0.25) is 0 Å². The molecule has 0 bridgehead atoms. The molecule has 4 heterocycles. The SMILES string of the molecule is O=C(Cc1nccs1)C(CC1CCOCC1)n1c(=O)ccc2cnccc21. The molecule has 7 heteroatoms. The van der Waals surface area contributed by atoms with Gasteiger partial charge in [-0.3, -0.25) is 19.1 Å². The van der Waals surface area contributed by atoms with Gasteiger partial charge in [-0.15, -0.1) is 11.3 Å². The zero-order valence-electron chi connectivity index (χ0n) is 14.9. The maximum atomic E-state index is 13.2. The van der Waals surface area contributed by atoms with Gasteiger partial charge in [0.05, 0.1) is 23.0 Å². The minimum atomic E-state index is -0.504. The molecule has 3 aromatic heterocycles. The lowest BCUT2D eigenvalue weighted by Crippen LogP contribution is -2.33. The van der Waals surface area contributed by atoms with E-state index in [-0.39, 0.29) is 17.8 Å². The Hall–Kier alpha value is -2.38. The number of fused-ring (bicyclic) bond motifs is 1. The predicted molar refractivity (Wildman–Crippen MR) is 104 cm³/mol. The molecule has 1 aliphatic heterocycles. The van der Waals surface area contributed by atoms with Crippen LogP contribution in [-0.4, -0.2) is 33.5 Å². The Kier molecular flexibility index (Phi) is 5.40. The van der Waals surface area contributed by atoms with Crippen LogP contribution in [0.25, 0.3) is 10.9 Å². The number of hydrogen-bond acceptors (Lipinski definition) is 6. The summed E-state index contributed by atoms with van der Waals surface area (Å²) in [6.07, 6.45) is 7.83. The summed E-state index contributed by atoms with van der Waals surface area (Å²) in [6, 6.07) is 4.59. The second-order valence-corrected chi connectivity index (χ2v) is 7.83. The zero-order valence-corrected chi connectivity index (χ0v) is 15.7. The Morgan fingerprint density at radius 2 is 2.11 bits per heavy atom. The lowest BCUT2D eigenvalue weighted by molar-refractivity contribution is -0.122. The van der Waals surface area contributed by atoms with E-state index in [1.165, 1.54) is 17.4 Å². The molecule has 0 aliphatic carbocycles. The number of ketones is 1. The molecule has 0 radical (unpaired) electrons. The van der Waals surface area contributed by atoms with Crippen LogP contribution in [0, 0.1) is 5.92 Å². The molecule has 1 aliphatic rings. The topological polar surface area (TPSA) is 74.1 Å². The van der Waals surface area contributed by atoms with Crippen molar-refractivity contribution in [1.29, 1.82) is 0 Å². The lowest BCUT2D eigenvalue weighted by Gasteiger charge is -2.28. The normalized spacial score (nSPS) is 16.4. The number of carbonyl (C=O) groups is 1. The van der Waals surface area contributed by atoms with Crippen molar-refractivity contribution in [3.63, 3.8) is 0 Å². The van der Waals surface area contributed by atoms with E-state index in [1.54, 1.807) is 29.2 Å². The third-order valence-corrected chi connectivity index (χ3v) is 5.90. The molecule has 3 aromatic rings. The number of carbonyl (C=O) groups excluding carboxylic acids is 1. The second-order valence-electron chi connectivity index (χ2n) is 6.85. The third-order valence-electron chi connectivity index (χ3n) is 5.12. The highest BCUT2D eigenvalue weighted by molar-refractivity contribution is 7.09. The van der Waals surface area contributed by atoms with Crippen LogP contribution in [0.4, 0.5) is 0 Å². The van der Waals surface area contributed by atoms with Crippen molar-refractivity contribution >= 4 is 28.0 Å². The van der Waals surface area contributed by atoms with Gasteiger partial charge in [0.25, 0.3) is 5.56 Å². The molecule has 6 nitrogen and oxygen atoms in total. The van der Waals surface area contributed by atoms with Crippen LogP contribution in [0.3, 0.4) is 0 Å². The maximum absolute atomic E-state index is 13.2.